The van der Waals surface area contributed by atoms with E-state index in [0.29, 0.717) is 17.0 Å². The zero-order valence-corrected chi connectivity index (χ0v) is 26.5. The molecule has 1 aromatic heterocycles. The molecule has 1 fully saturated rings. The Kier molecular flexibility index (Phi) is 9.47. The van der Waals surface area contributed by atoms with E-state index >= 15 is 0 Å². The average Bonchev–Trinajstić information content (AvgIpc) is 3.49. The summed E-state index contributed by atoms with van der Waals surface area (Å²) in [5, 5.41) is 4.36. The largest absolute Gasteiger partial charge is 0.353 e. The van der Waals surface area contributed by atoms with Crippen molar-refractivity contribution in [3.63, 3.8) is 0 Å². The second-order valence-electron chi connectivity index (χ2n) is 11.9. The van der Waals surface area contributed by atoms with Crippen LogP contribution in [0.2, 0.25) is 5.02 Å². The van der Waals surface area contributed by atoms with Crippen LogP contribution < -0.4 is 5.32 Å². The van der Waals surface area contributed by atoms with Crippen LogP contribution in [0.25, 0.3) is 11.0 Å². The number of amides is 1. The normalized spacial score (nSPS) is 15.6. The Balaban J connectivity index is 1.18. The summed E-state index contributed by atoms with van der Waals surface area (Å²) in [6, 6.07) is 30.6. The van der Waals surface area contributed by atoms with Crippen molar-refractivity contribution in [2.24, 2.45) is 0 Å². The lowest BCUT2D eigenvalue weighted by Crippen LogP contribution is -2.55. The quantitative estimate of drug-likeness (QED) is 0.165. The van der Waals surface area contributed by atoms with Crippen molar-refractivity contribution in [2.75, 3.05) is 25.5 Å². The molecule has 8 heteroatoms. The van der Waals surface area contributed by atoms with Gasteiger partial charge in [0.05, 0.1) is 17.2 Å². The zero-order valence-electron chi connectivity index (χ0n) is 25.7. The Morgan fingerprint density at radius 3 is 2.40 bits per heavy atom. The third-order valence-electron chi connectivity index (χ3n) is 8.98. The number of para-hydroxylation sites is 1. The van der Waals surface area contributed by atoms with Gasteiger partial charge in [-0.1, -0.05) is 73.1 Å². The Morgan fingerprint density at radius 1 is 1.00 bits per heavy atom. The average molecular weight is 624 g/mol. The number of aromatic nitrogens is 2. The summed E-state index contributed by atoms with van der Waals surface area (Å²) in [6.07, 6.45) is 3.30. The first-order valence-corrected chi connectivity index (χ1v) is 16.1. The van der Waals surface area contributed by atoms with Crippen molar-refractivity contribution in [3.05, 3.63) is 130 Å². The first kappa shape index (κ1) is 30.8. The molecule has 45 heavy (non-hydrogen) atoms. The Bertz CT molecular complexity index is 1720. The number of imidazole rings is 1. The summed E-state index contributed by atoms with van der Waals surface area (Å²) in [5.41, 5.74) is 5.92. The summed E-state index contributed by atoms with van der Waals surface area (Å²) >= 11 is 6.24. The second kappa shape index (κ2) is 13.8. The number of anilines is 1. The molecule has 0 bridgehead atoms. The number of hydrogen-bond acceptors (Lipinski definition) is 4. The highest BCUT2D eigenvalue weighted by Gasteiger charge is 2.36. The van der Waals surface area contributed by atoms with Crippen LogP contribution in [0, 0.1) is 5.82 Å². The summed E-state index contributed by atoms with van der Waals surface area (Å²) in [4.78, 5) is 26.5. The molecule has 1 aliphatic heterocycles. The van der Waals surface area contributed by atoms with Crippen LogP contribution in [-0.2, 0) is 6.42 Å². The molecule has 0 saturated carbocycles. The van der Waals surface area contributed by atoms with Gasteiger partial charge in [-0.15, -0.1) is 0 Å². The van der Waals surface area contributed by atoms with Crippen molar-refractivity contribution < 1.29 is 9.18 Å². The fourth-order valence-electron chi connectivity index (χ4n) is 6.63. The molecule has 2 unspecified atom stereocenters. The lowest BCUT2D eigenvalue weighted by atomic mass is 9.90. The number of likely N-dealkylation sites (N-methyl/N-ethyl adjacent to an activating group) is 1. The van der Waals surface area contributed by atoms with Crippen molar-refractivity contribution in [2.45, 2.75) is 50.7 Å². The number of carbonyl (C=O) groups excluding carboxylic acids is 1. The van der Waals surface area contributed by atoms with Gasteiger partial charge >= 0.3 is 0 Å². The van der Waals surface area contributed by atoms with Gasteiger partial charge in [-0.2, -0.15) is 0 Å². The molecule has 2 N–H and O–H groups in total. The van der Waals surface area contributed by atoms with Gasteiger partial charge in [0.2, 0.25) is 5.95 Å². The Labute approximate surface area is 269 Å². The molecule has 4 aromatic carbocycles. The molecule has 0 radical (unpaired) electrons. The van der Waals surface area contributed by atoms with Gasteiger partial charge in [-0.3, -0.25) is 9.69 Å². The maximum Gasteiger partial charge on any atom is 0.254 e. The second-order valence-corrected chi connectivity index (χ2v) is 12.4. The van der Waals surface area contributed by atoms with Gasteiger partial charge in [0.25, 0.3) is 5.91 Å². The molecule has 232 valence electrons. The number of fused-ring (bicyclic) bond motifs is 1. The van der Waals surface area contributed by atoms with E-state index in [2.05, 4.69) is 40.3 Å². The highest BCUT2D eigenvalue weighted by Crippen LogP contribution is 2.33. The van der Waals surface area contributed by atoms with Crippen molar-refractivity contribution in [1.29, 1.82) is 0 Å². The van der Waals surface area contributed by atoms with Gasteiger partial charge in [-0.05, 0) is 84.8 Å². The fraction of sp³-hybridized carbons (Fsp3) is 0.297. The molecule has 6 rings (SSSR count). The van der Waals surface area contributed by atoms with Crippen LogP contribution in [0.5, 0.6) is 0 Å². The van der Waals surface area contributed by atoms with E-state index in [-0.39, 0.29) is 29.8 Å². The molecule has 0 spiro atoms. The number of nitrogens with one attached hydrogen (secondary N) is 2. The number of hydrogen-bond donors (Lipinski definition) is 2. The molecular formula is C37H39ClFN5O. The van der Waals surface area contributed by atoms with Gasteiger partial charge in [0.15, 0.2) is 0 Å². The predicted octanol–water partition coefficient (Wildman–Crippen LogP) is 8.11. The minimum atomic E-state index is -0.231. The molecule has 5 aromatic rings. The van der Waals surface area contributed by atoms with Gasteiger partial charge in [-0.25, -0.2) is 9.37 Å². The van der Waals surface area contributed by atoms with E-state index in [0.717, 1.165) is 60.5 Å². The maximum absolute atomic E-state index is 13.7. The van der Waals surface area contributed by atoms with Crippen LogP contribution >= 0.6 is 11.6 Å². The van der Waals surface area contributed by atoms with Crippen LogP contribution in [0.4, 0.5) is 10.3 Å². The first-order valence-electron chi connectivity index (χ1n) is 15.7. The Hall–Kier alpha value is -4.20. The van der Waals surface area contributed by atoms with Crippen molar-refractivity contribution in [3.8, 4) is 0 Å². The molecular weight excluding hydrogens is 585 g/mol. The number of H-pyrrole nitrogens is 1. The van der Waals surface area contributed by atoms with E-state index in [1.165, 1.54) is 17.7 Å². The number of carbonyl (C=O) groups is 1. The zero-order chi connectivity index (χ0) is 31.3. The number of benzene rings is 4. The third-order valence-corrected chi connectivity index (χ3v) is 9.24. The van der Waals surface area contributed by atoms with E-state index in [1.807, 2.05) is 78.7 Å². The summed E-state index contributed by atoms with van der Waals surface area (Å²) < 4.78 is 13.4. The van der Waals surface area contributed by atoms with Crippen LogP contribution in [0.15, 0.2) is 97.1 Å². The number of likely N-dealkylation sites (tertiary alicyclic amines) is 1. The number of nitrogens with zero attached hydrogens (tertiary/aromatic N) is 3. The molecule has 2 atom stereocenters. The highest BCUT2D eigenvalue weighted by atomic mass is 35.5. The SMILES string of the molecule is CCC(c1ccc(Cl)cc1)C(N1CCC(Nc2nc3c(Cc4ccc(F)cc4)cccc3[nH]2)CC1)N(C)C(=O)c1ccccc1. The van der Waals surface area contributed by atoms with E-state index in [1.54, 1.807) is 0 Å². The molecule has 1 aliphatic rings. The number of rotatable bonds is 10. The molecule has 2 heterocycles. The van der Waals surface area contributed by atoms with Gasteiger partial charge in [0.1, 0.15) is 5.82 Å². The molecule has 6 nitrogen and oxygen atoms in total. The smallest absolute Gasteiger partial charge is 0.254 e. The monoisotopic (exact) mass is 623 g/mol. The van der Waals surface area contributed by atoms with E-state index < -0.39 is 0 Å². The summed E-state index contributed by atoms with van der Waals surface area (Å²) in [7, 11) is 1.93. The Morgan fingerprint density at radius 2 is 1.71 bits per heavy atom. The maximum atomic E-state index is 13.7. The lowest BCUT2D eigenvalue weighted by molar-refractivity contribution is 0.0201. The number of halogens is 2. The minimum Gasteiger partial charge on any atom is -0.353 e. The van der Waals surface area contributed by atoms with Crippen molar-refractivity contribution in [1.82, 2.24) is 19.8 Å². The van der Waals surface area contributed by atoms with Crippen LogP contribution in [-0.4, -0.2) is 58.0 Å². The van der Waals surface area contributed by atoms with Crippen LogP contribution in [0.3, 0.4) is 0 Å². The standard InChI is InChI=1S/C37H39ClFN5O/c1-3-32(26-14-16-29(38)17-15-26)35(43(2)36(45)27-8-5-4-6-9-27)44-22-20-31(21-23-44)40-37-41-33-11-7-10-28(34(33)42-37)24-25-12-18-30(39)19-13-25/h4-19,31-32,35H,3,20-24H2,1-2H3,(H2,40,41,42). The minimum absolute atomic E-state index is 0.0204. The fourth-order valence-corrected chi connectivity index (χ4v) is 6.75. The van der Waals surface area contributed by atoms with E-state index in [9.17, 15) is 9.18 Å². The van der Waals surface area contributed by atoms with Crippen LogP contribution in [0.1, 0.15) is 59.2 Å². The lowest BCUT2D eigenvalue weighted by Gasteiger charge is -2.45. The third kappa shape index (κ3) is 7.05. The first-order chi connectivity index (χ1) is 21.9. The molecule has 1 saturated heterocycles. The highest BCUT2D eigenvalue weighted by molar-refractivity contribution is 6.30. The molecule has 1 amide bonds. The molecule has 0 aliphatic carbocycles. The van der Waals surface area contributed by atoms with Gasteiger partial charge < -0.3 is 15.2 Å². The summed E-state index contributed by atoms with van der Waals surface area (Å²) in [5.74, 6) is 0.673. The van der Waals surface area contributed by atoms with E-state index in [4.69, 9.17) is 16.6 Å². The van der Waals surface area contributed by atoms with Gasteiger partial charge in [0, 0.05) is 42.7 Å². The number of aromatic amines is 1. The van der Waals surface area contributed by atoms with Crippen molar-refractivity contribution >= 4 is 34.5 Å². The number of piperidine rings is 1. The predicted molar refractivity (Wildman–Crippen MR) is 180 cm³/mol. The summed E-state index contributed by atoms with van der Waals surface area (Å²) in [6.45, 7) is 3.87. The topological polar surface area (TPSA) is 64.3 Å².